The molecule has 27 heavy (non-hydrogen) atoms. The van der Waals surface area contributed by atoms with Crippen LogP contribution in [0.4, 0.5) is 11.4 Å². The number of carbonyl (C=O) groups excluding carboxylic acids is 2. The molecule has 6 nitrogen and oxygen atoms in total. The van der Waals surface area contributed by atoms with E-state index in [0.717, 1.165) is 15.4 Å². The first-order valence-electron chi connectivity index (χ1n) is 8.34. The van der Waals surface area contributed by atoms with Crippen molar-refractivity contribution in [2.75, 3.05) is 15.4 Å². The lowest BCUT2D eigenvalue weighted by atomic mass is 10.1. The van der Waals surface area contributed by atoms with Gasteiger partial charge in [0, 0.05) is 5.69 Å². The number of hydrogen-bond donors (Lipinski definition) is 1. The Hall–Kier alpha value is -2.38. The maximum atomic E-state index is 12.5. The fourth-order valence-corrected chi connectivity index (χ4v) is 5.22. The monoisotopic (exact) mass is 406 g/mol. The van der Waals surface area contributed by atoms with E-state index in [-0.39, 0.29) is 22.0 Å². The third-order valence-corrected chi connectivity index (χ3v) is 6.45. The molecule has 0 aromatic heterocycles. The highest BCUT2D eigenvalue weighted by molar-refractivity contribution is 7.94. The van der Waals surface area contributed by atoms with Crippen LogP contribution in [0.2, 0.25) is 5.02 Å². The molecule has 1 unspecified atom stereocenters. The summed E-state index contributed by atoms with van der Waals surface area (Å²) in [5, 5.41) is 2.85. The summed E-state index contributed by atoms with van der Waals surface area (Å²) >= 11 is 6.22. The highest BCUT2D eigenvalue weighted by atomic mass is 35.5. The predicted octanol–water partition coefficient (Wildman–Crippen LogP) is 3.52. The summed E-state index contributed by atoms with van der Waals surface area (Å²) in [5.74, 6) is -1.77. The van der Waals surface area contributed by atoms with E-state index in [1.54, 1.807) is 6.92 Å². The minimum atomic E-state index is -3.72. The Balaban J connectivity index is 1.89. The van der Waals surface area contributed by atoms with Crippen LogP contribution in [0.15, 0.2) is 36.4 Å². The SMILES string of the molecule is Cc1cc(C)cc(NC(=O)c2ccc(N3C(=O)C(C)CS3(=O)=O)cc2Cl)c1. The van der Waals surface area contributed by atoms with Gasteiger partial charge >= 0.3 is 0 Å². The molecule has 0 radical (unpaired) electrons. The fourth-order valence-electron chi connectivity index (χ4n) is 3.15. The predicted molar refractivity (Wildman–Crippen MR) is 106 cm³/mol. The number of halogens is 1. The van der Waals surface area contributed by atoms with Gasteiger partial charge in [0.1, 0.15) is 0 Å². The van der Waals surface area contributed by atoms with E-state index in [1.807, 2.05) is 32.0 Å². The molecule has 1 atom stereocenters. The Bertz CT molecular complexity index is 1030. The summed E-state index contributed by atoms with van der Waals surface area (Å²) in [6.45, 7) is 5.42. The lowest BCUT2D eigenvalue weighted by Gasteiger charge is -2.16. The maximum Gasteiger partial charge on any atom is 0.257 e. The zero-order chi connectivity index (χ0) is 19.9. The van der Waals surface area contributed by atoms with Crippen LogP contribution in [0, 0.1) is 19.8 Å². The standard InChI is InChI=1S/C19H19ClN2O4S/c1-11-6-12(2)8-14(7-11)21-18(23)16-5-4-15(9-17(16)20)22-19(24)13(3)10-27(22,25)26/h4-9,13H,10H2,1-3H3,(H,21,23). The van der Waals surface area contributed by atoms with Gasteiger partial charge in [0.2, 0.25) is 15.9 Å². The molecular weight excluding hydrogens is 388 g/mol. The van der Waals surface area contributed by atoms with E-state index in [2.05, 4.69) is 5.32 Å². The van der Waals surface area contributed by atoms with E-state index in [1.165, 1.54) is 18.2 Å². The molecule has 1 heterocycles. The van der Waals surface area contributed by atoms with E-state index in [4.69, 9.17) is 11.6 Å². The lowest BCUT2D eigenvalue weighted by molar-refractivity contribution is -0.119. The summed E-state index contributed by atoms with van der Waals surface area (Å²) in [7, 11) is -3.72. The number of carbonyl (C=O) groups is 2. The number of aryl methyl sites for hydroxylation is 2. The van der Waals surface area contributed by atoms with Gasteiger partial charge < -0.3 is 5.32 Å². The number of nitrogens with one attached hydrogen (secondary N) is 1. The van der Waals surface area contributed by atoms with Crippen LogP contribution in [0.3, 0.4) is 0 Å². The first-order valence-corrected chi connectivity index (χ1v) is 10.3. The number of benzene rings is 2. The Morgan fingerprint density at radius 3 is 2.30 bits per heavy atom. The molecule has 142 valence electrons. The van der Waals surface area contributed by atoms with E-state index in [0.29, 0.717) is 5.69 Å². The molecule has 2 aromatic carbocycles. The number of hydrogen-bond acceptors (Lipinski definition) is 4. The summed E-state index contributed by atoms with van der Waals surface area (Å²) < 4.78 is 25.2. The van der Waals surface area contributed by atoms with Crippen molar-refractivity contribution in [1.82, 2.24) is 0 Å². The number of amides is 2. The Morgan fingerprint density at radius 2 is 1.78 bits per heavy atom. The fraction of sp³-hybridized carbons (Fsp3) is 0.263. The minimum Gasteiger partial charge on any atom is -0.322 e. The number of sulfonamides is 1. The average molecular weight is 407 g/mol. The third kappa shape index (κ3) is 3.84. The van der Waals surface area contributed by atoms with Crippen LogP contribution >= 0.6 is 11.6 Å². The van der Waals surface area contributed by atoms with Crippen LogP contribution in [0.25, 0.3) is 0 Å². The molecule has 1 saturated heterocycles. The van der Waals surface area contributed by atoms with Gasteiger partial charge in [-0.1, -0.05) is 24.6 Å². The van der Waals surface area contributed by atoms with Gasteiger partial charge in [-0.25, -0.2) is 12.7 Å². The van der Waals surface area contributed by atoms with Crippen molar-refractivity contribution in [3.63, 3.8) is 0 Å². The quantitative estimate of drug-likeness (QED) is 0.845. The number of rotatable bonds is 3. The normalized spacial score (nSPS) is 18.6. The molecule has 1 N–H and O–H groups in total. The summed E-state index contributed by atoms with van der Waals surface area (Å²) in [4.78, 5) is 24.7. The molecule has 2 amide bonds. The Labute approximate surface area is 163 Å². The first-order chi connectivity index (χ1) is 12.6. The van der Waals surface area contributed by atoms with E-state index < -0.39 is 27.8 Å². The maximum absolute atomic E-state index is 12.5. The molecule has 0 saturated carbocycles. The molecule has 0 aliphatic carbocycles. The zero-order valence-electron chi connectivity index (χ0n) is 15.1. The summed E-state index contributed by atoms with van der Waals surface area (Å²) in [6, 6.07) is 9.82. The highest BCUT2D eigenvalue weighted by Crippen LogP contribution is 2.31. The first kappa shape index (κ1) is 19.4. The van der Waals surface area contributed by atoms with Crippen molar-refractivity contribution in [2.24, 2.45) is 5.92 Å². The molecule has 3 rings (SSSR count). The van der Waals surface area contributed by atoms with Crippen molar-refractivity contribution in [3.05, 3.63) is 58.1 Å². The Kier molecular flexibility index (Phi) is 5.01. The van der Waals surface area contributed by atoms with E-state index >= 15 is 0 Å². The molecule has 1 fully saturated rings. The van der Waals surface area contributed by atoms with Gasteiger partial charge in [0.25, 0.3) is 5.91 Å². The van der Waals surface area contributed by atoms with Crippen molar-refractivity contribution in [2.45, 2.75) is 20.8 Å². The highest BCUT2D eigenvalue weighted by Gasteiger charge is 2.42. The lowest BCUT2D eigenvalue weighted by Crippen LogP contribution is -2.30. The topological polar surface area (TPSA) is 83.6 Å². The second kappa shape index (κ2) is 6.98. The second-order valence-corrected chi connectivity index (χ2v) is 9.05. The van der Waals surface area contributed by atoms with Crippen molar-refractivity contribution >= 4 is 44.8 Å². The summed E-state index contributed by atoms with van der Waals surface area (Å²) in [6.07, 6.45) is 0. The van der Waals surface area contributed by atoms with Crippen LogP contribution in [-0.4, -0.2) is 26.0 Å². The van der Waals surface area contributed by atoms with Gasteiger partial charge in [0.05, 0.1) is 27.9 Å². The van der Waals surface area contributed by atoms with E-state index in [9.17, 15) is 18.0 Å². The smallest absolute Gasteiger partial charge is 0.257 e. The molecule has 2 aromatic rings. The molecular formula is C19H19ClN2O4S. The van der Waals surface area contributed by atoms with Gasteiger partial charge in [-0.3, -0.25) is 9.59 Å². The van der Waals surface area contributed by atoms with Gasteiger partial charge in [0.15, 0.2) is 0 Å². The number of nitrogens with zero attached hydrogens (tertiary/aromatic N) is 1. The second-order valence-electron chi connectivity index (χ2n) is 6.78. The molecule has 1 aliphatic heterocycles. The van der Waals surface area contributed by atoms with Gasteiger partial charge in [-0.2, -0.15) is 0 Å². The molecule has 8 heteroatoms. The zero-order valence-corrected chi connectivity index (χ0v) is 16.7. The van der Waals surface area contributed by atoms with Crippen LogP contribution in [-0.2, 0) is 14.8 Å². The minimum absolute atomic E-state index is 0.0666. The van der Waals surface area contributed by atoms with Gasteiger partial charge in [-0.05, 0) is 55.3 Å². The summed E-state index contributed by atoms with van der Waals surface area (Å²) in [5.41, 5.74) is 3.00. The van der Waals surface area contributed by atoms with Crippen LogP contribution in [0.5, 0.6) is 0 Å². The Morgan fingerprint density at radius 1 is 1.15 bits per heavy atom. The average Bonchev–Trinajstić information content (AvgIpc) is 2.73. The molecule has 1 aliphatic rings. The van der Waals surface area contributed by atoms with Crippen molar-refractivity contribution in [3.8, 4) is 0 Å². The molecule has 0 spiro atoms. The number of anilines is 2. The largest absolute Gasteiger partial charge is 0.322 e. The van der Waals surface area contributed by atoms with Crippen LogP contribution in [0.1, 0.15) is 28.4 Å². The van der Waals surface area contributed by atoms with Gasteiger partial charge in [-0.15, -0.1) is 0 Å². The van der Waals surface area contributed by atoms with Crippen LogP contribution < -0.4 is 9.62 Å². The molecule has 0 bridgehead atoms. The third-order valence-electron chi connectivity index (χ3n) is 4.27. The van der Waals surface area contributed by atoms with Crippen molar-refractivity contribution in [1.29, 1.82) is 0 Å². The van der Waals surface area contributed by atoms with Crippen molar-refractivity contribution < 1.29 is 18.0 Å².